The van der Waals surface area contributed by atoms with Crippen molar-refractivity contribution in [3.8, 4) is 0 Å². The molecule has 1 saturated carbocycles. The average Bonchev–Trinajstić information content (AvgIpc) is 2.51. The van der Waals surface area contributed by atoms with Crippen LogP contribution in [0.1, 0.15) is 53.4 Å². The molecule has 0 aromatic heterocycles. The van der Waals surface area contributed by atoms with Crippen molar-refractivity contribution in [1.29, 1.82) is 0 Å². The van der Waals surface area contributed by atoms with E-state index in [0.717, 1.165) is 38.6 Å². The first-order chi connectivity index (χ1) is 8.87. The lowest BCUT2D eigenvalue weighted by atomic mass is 9.63. The second kappa shape index (κ2) is 5.71. The summed E-state index contributed by atoms with van der Waals surface area (Å²) >= 11 is 0. The van der Waals surface area contributed by atoms with E-state index in [2.05, 4.69) is 32.6 Å². The Hall–Kier alpha value is -0.120. The lowest BCUT2D eigenvalue weighted by Crippen LogP contribution is -2.60. The molecule has 0 aromatic carbocycles. The predicted molar refractivity (Wildman–Crippen MR) is 80.2 cm³/mol. The molecule has 3 atom stereocenters. The molecule has 0 radical (unpaired) electrons. The van der Waals surface area contributed by atoms with Crippen molar-refractivity contribution in [3.63, 3.8) is 0 Å². The maximum atomic E-state index is 6.27. The van der Waals surface area contributed by atoms with E-state index in [0.29, 0.717) is 11.5 Å². The molecule has 0 spiro atoms. The Morgan fingerprint density at radius 1 is 1.26 bits per heavy atom. The molecule has 3 nitrogen and oxygen atoms in total. The van der Waals surface area contributed by atoms with E-state index in [4.69, 9.17) is 10.5 Å². The summed E-state index contributed by atoms with van der Waals surface area (Å²) in [5.41, 5.74) is 6.87. The normalized spacial score (nSPS) is 40.9. The lowest BCUT2D eigenvalue weighted by Gasteiger charge is -2.53. The zero-order chi connectivity index (χ0) is 14.1. The van der Waals surface area contributed by atoms with E-state index in [1.807, 2.05) is 0 Å². The third-order valence-electron chi connectivity index (χ3n) is 4.94. The molecule has 2 rings (SSSR count). The molecule has 0 bridgehead atoms. The molecule has 3 heteroatoms. The summed E-state index contributed by atoms with van der Waals surface area (Å²) in [4.78, 5) is 2.65. The van der Waals surface area contributed by atoms with Crippen LogP contribution in [0.4, 0.5) is 0 Å². The molecule has 112 valence electrons. The van der Waals surface area contributed by atoms with Crippen molar-refractivity contribution >= 4 is 0 Å². The van der Waals surface area contributed by atoms with Crippen molar-refractivity contribution in [1.82, 2.24) is 4.90 Å². The van der Waals surface area contributed by atoms with Crippen LogP contribution in [0.5, 0.6) is 0 Å². The van der Waals surface area contributed by atoms with Crippen LogP contribution in [-0.2, 0) is 4.74 Å². The van der Waals surface area contributed by atoms with Gasteiger partial charge in [-0.05, 0) is 43.9 Å². The fourth-order valence-electron chi connectivity index (χ4n) is 4.65. The van der Waals surface area contributed by atoms with E-state index in [1.165, 1.54) is 19.3 Å². The summed E-state index contributed by atoms with van der Waals surface area (Å²) in [5.74, 6) is 0.770. The summed E-state index contributed by atoms with van der Waals surface area (Å²) in [6.45, 7) is 13.3. The second-order valence-electron chi connectivity index (χ2n) is 7.76. The second-order valence-corrected chi connectivity index (χ2v) is 7.76. The highest BCUT2D eigenvalue weighted by atomic mass is 16.5. The van der Waals surface area contributed by atoms with Gasteiger partial charge in [-0.1, -0.05) is 20.8 Å². The van der Waals surface area contributed by atoms with Crippen LogP contribution in [0.25, 0.3) is 0 Å². The summed E-state index contributed by atoms with van der Waals surface area (Å²) < 4.78 is 5.81. The summed E-state index contributed by atoms with van der Waals surface area (Å²) in [7, 11) is 0. The fraction of sp³-hybridized carbons (Fsp3) is 1.00. The first kappa shape index (κ1) is 15.3. The van der Waals surface area contributed by atoms with Crippen LogP contribution in [0.2, 0.25) is 0 Å². The van der Waals surface area contributed by atoms with Gasteiger partial charge < -0.3 is 10.5 Å². The molecule has 3 unspecified atom stereocenters. The van der Waals surface area contributed by atoms with Crippen LogP contribution in [-0.4, -0.2) is 42.8 Å². The zero-order valence-electron chi connectivity index (χ0n) is 13.2. The first-order valence-electron chi connectivity index (χ1n) is 7.94. The van der Waals surface area contributed by atoms with Crippen molar-refractivity contribution in [2.24, 2.45) is 17.1 Å². The molecule has 1 aliphatic heterocycles. The third-order valence-corrected chi connectivity index (χ3v) is 4.94. The number of nitrogens with zero attached hydrogens (tertiary/aromatic N) is 1. The van der Waals surface area contributed by atoms with Crippen LogP contribution in [0.15, 0.2) is 0 Å². The highest BCUT2D eigenvalue weighted by Gasteiger charge is 2.46. The van der Waals surface area contributed by atoms with Gasteiger partial charge in [0.2, 0.25) is 0 Å². The highest BCUT2D eigenvalue weighted by molar-refractivity contribution is 5.01. The van der Waals surface area contributed by atoms with Crippen molar-refractivity contribution in [3.05, 3.63) is 0 Å². The summed E-state index contributed by atoms with van der Waals surface area (Å²) in [6.07, 6.45) is 5.29. The molecule has 2 fully saturated rings. The minimum atomic E-state index is 0.198. The molecular weight excluding hydrogens is 236 g/mol. The Labute approximate surface area is 118 Å². The number of nitrogens with two attached hydrogens (primary N) is 1. The Bertz CT molecular complexity index is 305. The van der Waals surface area contributed by atoms with Crippen LogP contribution in [0.3, 0.4) is 0 Å². The Balaban J connectivity index is 2.20. The van der Waals surface area contributed by atoms with Gasteiger partial charge in [-0.2, -0.15) is 0 Å². The molecule has 1 saturated heterocycles. The predicted octanol–water partition coefficient (Wildman–Crippen LogP) is 2.64. The van der Waals surface area contributed by atoms with Crippen molar-refractivity contribution in [2.75, 3.05) is 26.2 Å². The molecule has 19 heavy (non-hydrogen) atoms. The SMILES string of the molecule is CC1CC(C)(C)CC(CN)(N2CCCOC(C)C2)C1. The van der Waals surface area contributed by atoms with Gasteiger partial charge in [0.15, 0.2) is 0 Å². The van der Waals surface area contributed by atoms with E-state index in [-0.39, 0.29) is 5.54 Å². The Morgan fingerprint density at radius 3 is 2.63 bits per heavy atom. The van der Waals surface area contributed by atoms with Gasteiger partial charge in [-0.3, -0.25) is 4.90 Å². The maximum absolute atomic E-state index is 6.27. The number of hydrogen-bond acceptors (Lipinski definition) is 3. The quantitative estimate of drug-likeness (QED) is 0.837. The van der Waals surface area contributed by atoms with Gasteiger partial charge in [0.25, 0.3) is 0 Å². The number of rotatable bonds is 2. The topological polar surface area (TPSA) is 38.5 Å². The molecular formula is C16H32N2O. The molecule has 1 heterocycles. The Morgan fingerprint density at radius 2 is 2.00 bits per heavy atom. The molecule has 0 aromatic rings. The number of hydrogen-bond donors (Lipinski definition) is 1. The van der Waals surface area contributed by atoms with Gasteiger partial charge in [0.1, 0.15) is 0 Å². The molecule has 0 amide bonds. The van der Waals surface area contributed by atoms with E-state index in [1.54, 1.807) is 0 Å². The van der Waals surface area contributed by atoms with Gasteiger partial charge in [-0.15, -0.1) is 0 Å². The minimum Gasteiger partial charge on any atom is -0.377 e. The lowest BCUT2D eigenvalue weighted by molar-refractivity contribution is -0.0244. The van der Waals surface area contributed by atoms with Crippen LogP contribution < -0.4 is 5.73 Å². The van der Waals surface area contributed by atoms with Gasteiger partial charge >= 0.3 is 0 Å². The largest absolute Gasteiger partial charge is 0.377 e. The van der Waals surface area contributed by atoms with Gasteiger partial charge in [0, 0.05) is 31.8 Å². The molecule has 2 N–H and O–H groups in total. The summed E-state index contributed by atoms with van der Waals surface area (Å²) in [6, 6.07) is 0. The van der Waals surface area contributed by atoms with Crippen molar-refractivity contribution < 1.29 is 4.74 Å². The van der Waals surface area contributed by atoms with E-state index < -0.39 is 0 Å². The van der Waals surface area contributed by atoms with E-state index in [9.17, 15) is 0 Å². The smallest absolute Gasteiger partial charge is 0.0674 e. The Kier molecular flexibility index (Phi) is 4.59. The average molecular weight is 268 g/mol. The van der Waals surface area contributed by atoms with E-state index >= 15 is 0 Å². The minimum absolute atomic E-state index is 0.198. The summed E-state index contributed by atoms with van der Waals surface area (Å²) in [5, 5.41) is 0. The van der Waals surface area contributed by atoms with Crippen LogP contribution in [0, 0.1) is 11.3 Å². The van der Waals surface area contributed by atoms with Crippen molar-refractivity contribution in [2.45, 2.75) is 65.0 Å². The number of ether oxygens (including phenoxy) is 1. The maximum Gasteiger partial charge on any atom is 0.0674 e. The highest BCUT2D eigenvalue weighted by Crippen LogP contribution is 2.46. The van der Waals surface area contributed by atoms with Gasteiger partial charge in [0.05, 0.1) is 6.10 Å². The zero-order valence-corrected chi connectivity index (χ0v) is 13.2. The van der Waals surface area contributed by atoms with Gasteiger partial charge in [-0.25, -0.2) is 0 Å². The third kappa shape index (κ3) is 3.50. The van der Waals surface area contributed by atoms with Crippen LogP contribution >= 0.6 is 0 Å². The molecule has 2 aliphatic rings. The fourth-order valence-corrected chi connectivity index (χ4v) is 4.65. The standard InChI is InChI=1S/C16H32N2O/c1-13-8-15(3,4)11-16(9-13,12-17)18-6-5-7-19-14(2)10-18/h13-14H,5-12,17H2,1-4H3. The first-order valence-corrected chi connectivity index (χ1v) is 7.94. The molecule has 1 aliphatic carbocycles. The monoisotopic (exact) mass is 268 g/mol.